The summed E-state index contributed by atoms with van der Waals surface area (Å²) in [5.74, 6) is -2.84. The Balaban J connectivity index is 2.43. The van der Waals surface area contributed by atoms with E-state index >= 15 is 0 Å². The highest BCUT2D eigenvalue weighted by Crippen LogP contribution is 2.24. The number of nitrogens with zero attached hydrogens (tertiary/aromatic N) is 2. The van der Waals surface area contributed by atoms with Crippen LogP contribution in [0.15, 0.2) is 23.1 Å². The molecule has 1 amide bonds. The average molecular weight is 372 g/mol. The Labute approximate surface area is 146 Å². The van der Waals surface area contributed by atoms with Gasteiger partial charge in [-0.25, -0.2) is 17.6 Å². The van der Waals surface area contributed by atoms with Gasteiger partial charge in [0.25, 0.3) is 5.91 Å². The van der Waals surface area contributed by atoms with Gasteiger partial charge in [0, 0.05) is 19.6 Å². The maximum atomic E-state index is 14.2. The van der Waals surface area contributed by atoms with E-state index in [1.54, 1.807) is 13.8 Å². The van der Waals surface area contributed by atoms with Gasteiger partial charge in [-0.3, -0.25) is 4.79 Å². The molecule has 0 bridgehead atoms. The van der Waals surface area contributed by atoms with Crippen molar-refractivity contribution in [1.82, 2.24) is 9.21 Å². The molecule has 1 saturated heterocycles. The molecule has 1 aliphatic rings. The Bertz CT molecular complexity index is 777. The average Bonchev–Trinajstić information content (AvgIpc) is 3.05. The molecule has 1 heterocycles. The molecule has 25 heavy (non-hydrogen) atoms. The molecule has 9 heteroatoms. The molecule has 1 aromatic rings. The number of hydrogen-bond donors (Lipinski definition) is 1. The van der Waals surface area contributed by atoms with Crippen LogP contribution < -0.4 is 0 Å². The molecular formula is C16H21FN2O5S. The highest BCUT2D eigenvalue weighted by Gasteiger charge is 2.36. The SMILES string of the molecule is CCN(CC)S(=O)(=O)c1ccc(F)c(C(=O)N2CCC[C@H]2C(=O)O)c1. The van der Waals surface area contributed by atoms with Crippen molar-refractivity contribution in [2.45, 2.75) is 37.6 Å². The molecule has 0 aromatic heterocycles. The maximum Gasteiger partial charge on any atom is 0.326 e. The number of carboxylic acids is 1. The minimum Gasteiger partial charge on any atom is -0.480 e. The summed E-state index contributed by atoms with van der Waals surface area (Å²) in [6, 6.07) is 2.01. The zero-order valence-electron chi connectivity index (χ0n) is 14.1. The van der Waals surface area contributed by atoms with Crippen molar-refractivity contribution in [3.8, 4) is 0 Å². The zero-order chi connectivity index (χ0) is 18.8. The molecule has 0 radical (unpaired) electrons. The highest BCUT2D eigenvalue weighted by molar-refractivity contribution is 7.89. The van der Waals surface area contributed by atoms with E-state index < -0.39 is 39.3 Å². The van der Waals surface area contributed by atoms with E-state index in [0.29, 0.717) is 12.8 Å². The van der Waals surface area contributed by atoms with Crippen molar-refractivity contribution < 1.29 is 27.5 Å². The van der Waals surface area contributed by atoms with Crippen LogP contribution in [0.3, 0.4) is 0 Å². The van der Waals surface area contributed by atoms with Crippen molar-refractivity contribution in [3.05, 3.63) is 29.6 Å². The van der Waals surface area contributed by atoms with E-state index in [-0.39, 0.29) is 24.5 Å². The number of rotatable bonds is 6. The lowest BCUT2D eigenvalue weighted by Crippen LogP contribution is -2.40. The van der Waals surface area contributed by atoms with Crippen LogP contribution in [-0.2, 0) is 14.8 Å². The molecule has 0 unspecified atom stereocenters. The number of carboxylic acid groups (broad SMARTS) is 1. The predicted octanol–water partition coefficient (Wildman–Crippen LogP) is 1.55. The number of sulfonamides is 1. The van der Waals surface area contributed by atoms with Crippen LogP contribution in [0.4, 0.5) is 4.39 Å². The number of carbonyl (C=O) groups is 2. The second-order valence-electron chi connectivity index (χ2n) is 5.73. The van der Waals surface area contributed by atoms with Gasteiger partial charge in [0.05, 0.1) is 10.5 Å². The van der Waals surface area contributed by atoms with Crippen LogP contribution in [0.2, 0.25) is 0 Å². The summed E-state index contributed by atoms with van der Waals surface area (Å²) in [4.78, 5) is 24.7. The highest BCUT2D eigenvalue weighted by atomic mass is 32.2. The van der Waals surface area contributed by atoms with Crippen molar-refractivity contribution in [2.75, 3.05) is 19.6 Å². The maximum absolute atomic E-state index is 14.2. The first-order valence-electron chi connectivity index (χ1n) is 8.07. The summed E-state index contributed by atoms with van der Waals surface area (Å²) < 4.78 is 40.5. The Hall–Kier alpha value is -2.00. The van der Waals surface area contributed by atoms with Gasteiger partial charge < -0.3 is 10.0 Å². The molecule has 1 N–H and O–H groups in total. The van der Waals surface area contributed by atoms with Gasteiger partial charge >= 0.3 is 5.97 Å². The Morgan fingerprint density at radius 1 is 1.32 bits per heavy atom. The molecule has 0 aliphatic carbocycles. The molecule has 0 saturated carbocycles. The van der Waals surface area contributed by atoms with Gasteiger partial charge in [0.2, 0.25) is 10.0 Å². The topological polar surface area (TPSA) is 95.0 Å². The Kier molecular flexibility index (Phi) is 5.79. The van der Waals surface area contributed by atoms with E-state index in [1.807, 2.05) is 0 Å². The van der Waals surface area contributed by atoms with Gasteiger partial charge in [-0.1, -0.05) is 13.8 Å². The molecule has 1 atom stereocenters. The third-order valence-electron chi connectivity index (χ3n) is 4.31. The first-order chi connectivity index (χ1) is 11.7. The van der Waals surface area contributed by atoms with Crippen molar-refractivity contribution in [2.24, 2.45) is 0 Å². The van der Waals surface area contributed by atoms with Gasteiger partial charge in [-0.05, 0) is 31.0 Å². The van der Waals surface area contributed by atoms with Gasteiger partial charge in [-0.2, -0.15) is 4.31 Å². The quantitative estimate of drug-likeness (QED) is 0.817. The standard InChI is InChI=1S/C16H21FN2O5S/c1-3-18(4-2)25(23,24)11-7-8-13(17)12(10-11)15(20)19-9-5-6-14(19)16(21)22/h7-8,10,14H,3-6,9H2,1-2H3,(H,21,22)/t14-/m0/s1. The molecule has 0 spiro atoms. The molecule has 1 aromatic carbocycles. The molecule has 138 valence electrons. The summed E-state index contributed by atoms with van der Waals surface area (Å²) in [5.41, 5.74) is -0.429. The first kappa shape index (κ1) is 19.3. The monoisotopic (exact) mass is 372 g/mol. The second-order valence-corrected chi connectivity index (χ2v) is 7.66. The third kappa shape index (κ3) is 3.67. The lowest BCUT2D eigenvalue weighted by atomic mass is 10.1. The molecule has 1 fully saturated rings. The van der Waals surface area contributed by atoms with Gasteiger partial charge in [-0.15, -0.1) is 0 Å². The largest absolute Gasteiger partial charge is 0.480 e. The van der Waals surface area contributed by atoms with E-state index in [0.717, 1.165) is 23.1 Å². The summed E-state index contributed by atoms with van der Waals surface area (Å²) >= 11 is 0. The van der Waals surface area contributed by atoms with Gasteiger partial charge in [0.1, 0.15) is 11.9 Å². The Morgan fingerprint density at radius 3 is 2.52 bits per heavy atom. The van der Waals surface area contributed by atoms with Crippen LogP contribution >= 0.6 is 0 Å². The van der Waals surface area contributed by atoms with E-state index in [9.17, 15) is 27.5 Å². The van der Waals surface area contributed by atoms with Crippen LogP contribution in [-0.4, -0.2) is 60.3 Å². The minimum atomic E-state index is -3.85. The number of carbonyl (C=O) groups excluding carboxylic acids is 1. The summed E-state index contributed by atoms with van der Waals surface area (Å²) in [6.45, 7) is 4.04. The lowest BCUT2D eigenvalue weighted by molar-refractivity contribution is -0.141. The Morgan fingerprint density at radius 2 is 1.96 bits per heavy atom. The lowest BCUT2D eigenvalue weighted by Gasteiger charge is -2.23. The minimum absolute atomic E-state index is 0.188. The van der Waals surface area contributed by atoms with Gasteiger partial charge in [0.15, 0.2) is 0 Å². The molecule has 2 rings (SSSR count). The number of aliphatic carboxylic acids is 1. The predicted molar refractivity (Wildman–Crippen MR) is 88.2 cm³/mol. The van der Waals surface area contributed by atoms with E-state index in [2.05, 4.69) is 0 Å². The number of amides is 1. The summed E-state index contributed by atoms with van der Waals surface area (Å²) in [5, 5.41) is 9.18. The summed E-state index contributed by atoms with van der Waals surface area (Å²) in [6.07, 6.45) is 0.794. The van der Waals surface area contributed by atoms with Crippen molar-refractivity contribution in [3.63, 3.8) is 0 Å². The molecule has 1 aliphatic heterocycles. The number of halogens is 1. The molecule has 7 nitrogen and oxygen atoms in total. The molecular weight excluding hydrogens is 351 g/mol. The van der Waals surface area contributed by atoms with E-state index in [1.165, 1.54) is 4.31 Å². The third-order valence-corrected chi connectivity index (χ3v) is 6.36. The van der Waals surface area contributed by atoms with Crippen LogP contribution in [0.5, 0.6) is 0 Å². The first-order valence-corrected chi connectivity index (χ1v) is 9.51. The fourth-order valence-corrected chi connectivity index (χ4v) is 4.45. The van der Waals surface area contributed by atoms with E-state index in [4.69, 9.17) is 0 Å². The van der Waals surface area contributed by atoms with Crippen LogP contribution in [0.1, 0.15) is 37.0 Å². The normalized spacial score (nSPS) is 17.9. The number of hydrogen-bond acceptors (Lipinski definition) is 4. The van der Waals surface area contributed by atoms with Crippen molar-refractivity contribution >= 4 is 21.9 Å². The fraction of sp³-hybridized carbons (Fsp3) is 0.500. The summed E-state index contributed by atoms with van der Waals surface area (Å²) in [7, 11) is -3.85. The fourth-order valence-electron chi connectivity index (χ4n) is 2.96. The van der Waals surface area contributed by atoms with Crippen LogP contribution in [0, 0.1) is 5.82 Å². The number of benzene rings is 1. The number of likely N-dealkylation sites (tertiary alicyclic amines) is 1. The van der Waals surface area contributed by atoms with Crippen LogP contribution in [0.25, 0.3) is 0 Å². The zero-order valence-corrected chi connectivity index (χ0v) is 14.9. The van der Waals surface area contributed by atoms with Crippen molar-refractivity contribution in [1.29, 1.82) is 0 Å². The second kappa shape index (κ2) is 7.49. The smallest absolute Gasteiger partial charge is 0.326 e.